The van der Waals surface area contributed by atoms with Gasteiger partial charge >= 0.3 is 6.09 Å². The molecule has 0 radical (unpaired) electrons. The van der Waals surface area contributed by atoms with Crippen LogP contribution in [0.25, 0.3) is 0 Å². The summed E-state index contributed by atoms with van der Waals surface area (Å²) in [5, 5.41) is 3.18. The molecule has 1 atom stereocenters. The molecule has 1 aromatic rings. The van der Waals surface area contributed by atoms with Gasteiger partial charge < -0.3 is 10.1 Å². The molecule has 1 rings (SSSR count). The number of ether oxygens (including phenoxy) is 1. The van der Waals surface area contributed by atoms with Crippen LogP contribution >= 0.6 is 27.5 Å². The molecule has 1 aromatic heterocycles. The minimum absolute atomic E-state index is 0.319. The molecule has 1 N–H and O–H groups in total. The first-order valence-corrected chi connectivity index (χ1v) is 6.66. The van der Waals surface area contributed by atoms with Gasteiger partial charge in [-0.2, -0.15) is 0 Å². The van der Waals surface area contributed by atoms with Crippen molar-refractivity contribution in [3.63, 3.8) is 0 Å². The van der Waals surface area contributed by atoms with E-state index < -0.39 is 11.7 Å². The minimum Gasteiger partial charge on any atom is -0.444 e. The molecule has 100 valence electrons. The SMILES string of the molecule is CC(NC(=O)OC(C)(C)C)c1ncc(Br)cc1Cl. The maximum Gasteiger partial charge on any atom is 0.408 e. The third-order valence-electron chi connectivity index (χ3n) is 1.98. The molecule has 1 unspecified atom stereocenters. The predicted octanol–water partition coefficient (Wildman–Crippen LogP) is 4.08. The summed E-state index contributed by atoms with van der Waals surface area (Å²) in [6.45, 7) is 7.22. The van der Waals surface area contributed by atoms with Crippen molar-refractivity contribution in [3.05, 3.63) is 27.5 Å². The minimum atomic E-state index is -0.527. The fourth-order valence-electron chi connectivity index (χ4n) is 1.30. The number of alkyl carbamates (subject to hydrolysis) is 1. The van der Waals surface area contributed by atoms with Gasteiger partial charge in [0, 0.05) is 10.7 Å². The number of hydrogen-bond donors (Lipinski definition) is 1. The van der Waals surface area contributed by atoms with Crippen molar-refractivity contribution >= 4 is 33.6 Å². The Kier molecular flexibility index (Phi) is 4.99. The van der Waals surface area contributed by atoms with Crippen molar-refractivity contribution in [2.45, 2.75) is 39.3 Å². The van der Waals surface area contributed by atoms with Crippen molar-refractivity contribution in [2.75, 3.05) is 0 Å². The molecule has 0 fully saturated rings. The molecule has 0 spiro atoms. The van der Waals surface area contributed by atoms with Gasteiger partial charge in [0.05, 0.1) is 16.8 Å². The van der Waals surface area contributed by atoms with Crippen LogP contribution in [0.5, 0.6) is 0 Å². The fraction of sp³-hybridized carbons (Fsp3) is 0.500. The van der Waals surface area contributed by atoms with E-state index in [1.165, 1.54) is 0 Å². The van der Waals surface area contributed by atoms with E-state index in [0.29, 0.717) is 10.7 Å². The first kappa shape index (κ1) is 15.2. The van der Waals surface area contributed by atoms with Gasteiger partial charge in [-0.15, -0.1) is 0 Å². The van der Waals surface area contributed by atoms with Gasteiger partial charge in [-0.3, -0.25) is 4.98 Å². The standard InChI is InChI=1S/C12H16BrClN2O2/c1-7(16-11(17)18-12(2,3)4)10-9(14)5-8(13)6-15-10/h5-7H,1-4H3,(H,16,17). The Morgan fingerprint density at radius 3 is 2.67 bits per heavy atom. The van der Waals surface area contributed by atoms with Crippen LogP contribution in [0.4, 0.5) is 4.79 Å². The lowest BCUT2D eigenvalue weighted by Gasteiger charge is -2.22. The van der Waals surface area contributed by atoms with Gasteiger partial charge in [-0.05, 0) is 49.7 Å². The Morgan fingerprint density at radius 2 is 2.17 bits per heavy atom. The monoisotopic (exact) mass is 334 g/mol. The van der Waals surface area contributed by atoms with E-state index in [9.17, 15) is 4.79 Å². The first-order chi connectivity index (χ1) is 8.19. The summed E-state index contributed by atoms with van der Waals surface area (Å²) in [5.74, 6) is 0. The maximum absolute atomic E-state index is 11.6. The Balaban J connectivity index is 2.71. The lowest BCUT2D eigenvalue weighted by Crippen LogP contribution is -2.34. The predicted molar refractivity (Wildman–Crippen MR) is 74.7 cm³/mol. The number of pyridine rings is 1. The highest BCUT2D eigenvalue weighted by Gasteiger charge is 2.20. The third kappa shape index (κ3) is 4.82. The quantitative estimate of drug-likeness (QED) is 0.886. The molecule has 0 saturated carbocycles. The number of carbonyl (C=O) groups is 1. The van der Waals surface area contributed by atoms with Crippen molar-refractivity contribution in [3.8, 4) is 0 Å². The Bertz CT molecular complexity index is 446. The first-order valence-electron chi connectivity index (χ1n) is 5.49. The number of amides is 1. The zero-order valence-electron chi connectivity index (χ0n) is 10.8. The number of rotatable bonds is 2. The second-order valence-corrected chi connectivity index (χ2v) is 6.21. The number of nitrogens with one attached hydrogen (secondary N) is 1. The van der Waals surface area contributed by atoms with Crippen LogP contribution in [0.15, 0.2) is 16.7 Å². The van der Waals surface area contributed by atoms with Crippen LogP contribution < -0.4 is 5.32 Å². The highest BCUT2D eigenvalue weighted by atomic mass is 79.9. The summed E-state index contributed by atoms with van der Waals surface area (Å²) in [6.07, 6.45) is 1.14. The molecular formula is C12H16BrClN2O2. The molecule has 18 heavy (non-hydrogen) atoms. The molecule has 1 heterocycles. The van der Waals surface area contributed by atoms with Crippen LogP contribution in [0.3, 0.4) is 0 Å². The number of carbonyl (C=O) groups excluding carboxylic acids is 1. The smallest absolute Gasteiger partial charge is 0.408 e. The molecule has 0 aromatic carbocycles. The average Bonchev–Trinajstić information content (AvgIpc) is 2.13. The number of aromatic nitrogens is 1. The lowest BCUT2D eigenvalue weighted by atomic mass is 10.2. The van der Waals surface area contributed by atoms with E-state index in [1.54, 1.807) is 19.2 Å². The third-order valence-corrected chi connectivity index (χ3v) is 2.72. The van der Waals surface area contributed by atoms with Gasteiger partial charge in [0.25, 0.3) is 0 Å². The Labute approximate surface area is 120 Å². The van der Waals surface area contributed by atoms with E-state index in [4.69, 9.17) is 16.3 Å². The summed E-state index contributed by atoms with van der Waals surface area (Å²) in [7, 11) is 0. The molecule has 0 aliphatic carbocycles. The van der Waals surface area contributed by atoms with Crippen LogP contribution in [0.1, 0.15) is 39.4 Å². The molecule has 4 nitrogen and oxygen atoms in total. The Hall–Kier alpha value is -0.810. The van der Waals surface area contributed by atoms with Crippen LogP contribution in [-0.4, -0.2) is 16.7 Å². The summed E-state index contributed by atoms with van der Waals surface area (Å²) < 4.78 is 5.96. The molecule has 0 aliphatic rings. The average molecular weight is 336 g/mol. The van der Waals surface area contributed by atoms with Crippen molar-refractivity contribution < 1.29 is 9.53 Å². The number of hydrogen-bond acceptors (Lipinski definition) is 3. The van der Waals surface area contributed by atoms with E-state index in [-0.39, 0.29) is 6.04 Å². The second kappa shape index (κ2) is 5.89. The second-order valence-electron chi connectivity index (χ2n) is 4.89. The molecule has 0 aliphatic heterocycles. The number of nitrogens with zero attached hydrogens (tertiary/aromatic N) is 1. The molecule has 0 saturated heterocycles. The van der Waals surface area contributed by atoms with Gasteiger partial charge in [-0.25, -0.2) is 4.79 Å². The highest BCUT2D eigenvalue weighted by Crippen LogP contribution is 2.24. The van der Waals surface area contributed by atoms with Gasteiger partial charge in [0.15, 0.2) is 0 Å². The highest BCUT2D eigenvalue weighted by molar-refractivity contribution is 9.10. The zero-order chi connectivity index (χ0) is 13.9. The summed E-state index contributed by atoms with van der Waals surface area (Å²) >= 11 is 9.33. The van der Waals surface area contributed by atoms with Crippen LogP contribution in [0, 0.1) is 0 Å². The summed E-state index contributed by atoms with van der Waals surface area (Å²) in [4.78, 5) is 15.8. The van der Waals surface area contributed by atoms with E-state index >= 15 is 0 Å². The van der Waals surface area contributed by atoms with Crippen molar-refractivity contribution in [1.29, 1.82) is 0 Å². The molecule has 6 heteroatoms. The van der Waals surface area contributed by atoms with Gasteiger partial charge in [-0.1, -0.05) is 11.6 Å². The molecule has 0 bridgehead atoms. The van der Waals surface area contributed by atoms with Crippen LogP contribution in [0.2, 0.25) is 5.02 Å². The zero-order valence-corrected chi connectivity index (χ0v) is 13.1. The largest absolute Gasteiger partial charge is 0.444 e. The lowest BCUT2D eigenvalue weighted by molar-refractivity contribution is 0.0507. The molecular weight excluding hydrogens is 320 g/mol. The van der Waals surface area contributed by atoms with Crippen molar-refractivity contribution in [2.24, 2.45) is 0 Å². The molecule has 1 amide bonds. The fourth-order valence-corrected chi connectivity index (χ4v) is 2.09. The van der Waals surface area contributed by atoms with Gasteiger partial charge in [0.2, 0.25) is 0 Å². The Morgan fingerprint density at radius 1 is 1.56 bits per heavy atom. The maximum atomic E-state index is 11.6. The van der Waals surface area contributed by atoms with Gasteiger partial charge in [0.1, 0.15) is 5.60 Å². The summed E-state index contributed by atoms with van der Waals surface area (Å²) in [5.41, 5.74) is 0.0755. The van der Waals surface area contributed by atoms with E-state index in [0.717, 1.165) is 4.47 Å². The number of halogens is 2. The van der Waals surface area contributed by atoms with E-state index in [2.05, 4.69) is 26.2 Å². The summed E-state index contributed by atoms with van der Waals surface area (Å²) in [6, 6.07) is 1.41. The van der Waals surface area contributed by atoms with E-state index in [1.807, 2.05) is 20.8 Å². The normalized spacial score (nSPS) is 13.0. The topological polar surface area (TPSA) is 51.2 Å². The van der Waals surface area contributed by atoms with Crippen LogP contribution in [-0.2, 0) is 4.74 Å². The van der Waals surface area contributed by atoms with Crippen molar-refractivity contribution in [1.82, 2.24) is 10.3 Å².